The fraction of sp³-hybridized carbons (Fsp3) is 0.462. The fourth-order valence-electron chi connectivity index (χ4n) is 2.72. The number of nitro groups is 1. The number of hydrogen-bond acceptors (Lipinski definition) is 4. The molecule has 7 heteroatoms. The molecule has 1 fully saturated rings. The summed E-state index contributed by atoms with van der Waals surface area (Å²) >= 11 is 0. The van der Waals surface area contributed by atoms with Crippen LogP contribution in [-0.2, 0) is 0 Å². The number of carbonyl (C=O) groups excluding carboxylic acids is 1. The van der Waals surface area contributed by atoms with Crippen molar-refractivity contribution in [1.82, 2.24) is 0 Å². The van der Waals surface area contributed by atoms with Gasteiger partial charge in [0.05, 0.1) is 10.5 Å². The van der Waals surface area contributed by atoms with Gasteiger partial charge < -0.3 is 11.5 Å². The first-order chi connectivity index (χ1) is 9.00. The summed E-state index contributed by atoms with van der Waals surface area (Å²) in [5.41, 5.74) is 12.1. The first kappa shape index (κ1) is 16.2. The molecule has 0 unspecified atom stereocenters. The third kappa shape index (κ3) is 3.19. The zero-order valence-electron chi connectivity index (χ0n) is 11.0. The van der Waals surface area contributed by atoms with Gasteiger partial charge in [-0.15, -0.1) is 12.4 Å². The minimum Gasteiger partial charge on any atom is -0.398 e. The molecule has 0 atom stereocenters. The molecular weight excluding hydrogens is 282 g/mol. The lowest BCUT2D eigenvalue weighted by Gasteiger charge is -2.23. The second-order valence-electron chi connectivity index (χ2n) is 4.95. The van der Waals surface area contributed by atoms with Crippen LogP contribution in [-0.4, -0.2) is 10.8 Å². The van der Waals surface area contributed by atoms with Gasteiger partial charge in [0.15, 0.2) is 0 Å². The molecule has 0 radical (unpaired) electrons. The molecule has 6 nitrogen and oxygen atoms in total. The van der Waals surface area contributed by atoms with Crippen LogP contribution in [0.2, 0.25) is 0 Å². The van der Waals surface area contributed by atoms with E-state index in [1.165, 1.54) is 12.5 Å². The lowest BCUT2D eigenvalue weighted by atomic mass is 9.82. The Morgan fingerprint density at radius 3 is 2.35 bits per heavy atom. The molecule has 0 spiro atoms. The number of nitro benzene ring substituents is 1. The van der Waals surface area contributed by atoms with E-state index in [2.05, 4.69) is 0 Å². The fourth-order valence-corrected chi connectivity index (χ4v) is 2.72. The van der Waals surface area contributed by atoms with Gasteiger partial charge in [-0.25, -0.2) is 0 Å². The Labute approximate surface area is 123 Å². The molecule has 110 valence electrons. The quantitative estimate of drug-likeness (QED) is 0.507. The van der Waals surface area contributed by atoms with Crippen molar-refractivity contribution in [3.63, 3.8) is 0 Å². The number of amides is 1. The van der Waals surface area contributed by atoms with Gasteiger partial charge in [-0.2, -0.15) is 0 Å². The number of nitrogen functional groups attached to an aromatic ring is 1. The van der Waals surface area contributed by atoms with Crippen molar-refractivity contribution in [2.75, 3.05) is 5.73 Å². The Balaban J connectivity index is 0.00000200. The van der Waals surface area contributed by atoms with Crippen molar-refractivity contribution < 1.29 is 9.72 Å². The zero-order chi connectivity index (χ0) is 14.0. The Morgan fingerprint density at radius 1 is 1.25 bits per heavy atom. The molecule has 1 aromatic rings. The highest BCUT2D eigenvalue weighted by atomic mass is 35.5. The summed E-state index contributed by atoms with van der Waals surface area (Å²) in [6.07, 6.45) is 5.23. The molecule has 1 aromatic carbocycles. The molecule has 0 bridgehead atoms. The van der Waals surface area contributed by atoms with Crippen LogP contribution >= 0.6 is 12.4 Å². The molecule has 0 saturated heterocycles. The van der Waals surface area contributed by atoms with Gasteiger partial charge in [0.1, 0.15) is 0 Å². The normalized spacial score (nSPS) is 15.4. The Bertz CT molecular complexity index is 528. The van der Waals surface area contributed by atoms with Gasteiger partial charge in [-0.1, -0.05) is 19.3 Å². The summed E-state index contributed by atoms with van der Waals surface area (Å²) in [4.78, 5) is 21.8. The van der Waals surface area contributed by atoms with E-state index in [0.717, 1.165) is 31.7 Å². The van der Waals surface area contributed by atoms with Crippen LogP contribution in [0.5, 0.6) is 0 Å². The topological polar surface area (TPSA) is 112 Å². The van der Waals surface area contributed by atoms with E-state index in [0.29, 0.717) is 11.3 Å². The van der Waals surface area contributed by atoms with Gasteiger partial charge in [0.2, 0.25) is 0 Å². The molecule has 1 aliphatic carbocycles. The van der Waals surface area contributed by atoms with Crippen molar-refractivity contribution >= 4 is 29.7 Å². The molecule has 0 aliphatic heterocycles. The standard InChI is InChI=1S/C13H17N3O3.ClH/c14-12-10(8-4-2-1-3-5-8)6-9(16(18)19)7-11(12)13(15)17;/h6-8H,1-5,14H2,(H2,15,17);1H. The molecule has 2 rings (SSSR count). The average molecular weight is 300 g/mol. The number of carbonyl (C=O) groups is 1. The third-order valence-electron chi connectivity index (χ3n) is 3.72. The largest absolute Gasteiger partial charge is 0.398 e. The van der Waals surface area contributed by atoms with Crippen LogP contribution in [0, 0.1) is 10.1 Å². The van der Waals surface area contributed by atoms with E-state index in [4.69, 9.17) is 11.5 Å². The predicted octanol–water partition coefficient (Wildman–Crippen LogP) is 2.75. The lowest BCUT2D eigenvalue weighted by molar-refractivity contribution is -0.384. The van der Waals surface area contributed by atoms with E-state index < -0.39 is 10.8 Å². The van der Waals surface area contributed by atoms with Crippen LogP contribution < -0.4 is 11.5 Å². The van der Waals surface area contributed by atoms with E-state index in [9.17, 15) is 14.9 Å². The van der Waals surface area contributed by atoms with Crippen LogP contribution in [0.3, 0.4) is 0 Å². The molecule has 1 amide bonds. The number of anilines is 1. The summed E-state index contributed by atoms with van der Waals surface area (Å²) in [5, 5.41) is 10.9. The van der Waals surface area contributed by atoms with Crippen molar-refractivity contribution in [1.29, 1.82) is 0 Å². The highest BCUT2D eigenvalue weighted by Crippen LogP contribution is 2.38. The molecule has 0 heterocycles. The number of nitrogens with zero attached hydrogens (tertiary/aromatic N) is 1. The number of primary amides is 1. The van der Waals surface area contributed by atoms with Crippen molar-refractivity contribution in [2.24, 2.45) is 5.73 Å². The molecule has 20 heavy (non-hydrogen) atoms. The molecule has 1 saturated carbocycles. The van der Waals surface area contributed by atoms with E-state index >= 15 is 0 Å². The van der Waals surface area contributed by atoms with Crippen LogP contribution in [0.15, 0.2) is 12.1 Å². The van der Waals surface area contributed by atoms with Gasteiger partial charge in [0, 0.05) is 17.8 Å². The number of non-ortho nitro benzene ring substituents is 1. The summed E-state index contributed by atoms with van der Waals surface area (Å²) < 4.78 is 0. The van der Waals surface area contributed by atoms with Crippen LogP contribution in [0.4, 0.5) is 11.4 Å². The number of nitrogens with two attached hydrogens (primary N) is 2. The number of benzene rings is 1. The number of halogens is 1. The first-order valence-electron chi connectivity index (χ1n) is 6.38. The highest BCUT2D eigenvalue weighted by molar-refractivity contribution is 5.99. The van der Waals surface area contributed by atoms with E-state index in [1.54, 1.807) is 0 Å². The smallest absolute Gasteiger partial charge is 0.270 e. The minimum absolute atomic E-state index is 0. The predicted molar refractivity (Wildman–Crippen MR) is 79.1 cm³/mol. The second kappa shape index (κ2) is 6.56. The average Bonchev–Trinajstić information content (AvgIpc) is 2.39. The second-order valence-corrected chi connectivity index (χ2v) is 4.95. The highest BCUT2D eigenvalue weighted by Gasteiger charge is 2.24. The van der Waals surface area contributed by atoms with Crippen molar-refractivity contribution in [3.05, 3.63) is 33.4 Å². The summed E-state index contributed by atoms with van der Waals surface area (Å²) in [6, 6.07) is 2.64. The van der Waals surface area contributed by atoms with Crippen LogP contribution in [0.1, 0.15) is 53.9 Å². The van der Waals surface area contributed by atoms with Crippen molar-refractivity contribution in [2.45, 2.75) is 38.0 Å². The van der Waals surface area contributed by atoms with Crippen molar-refractivity contribution in [3.8, 4) is 0 Å². The molecule has 4 N–H and O–H groups in total. The number of rotatable bonds is 3. The maximum absolute atomic E-state index is 11.4. The maximum Gasteiger partial charge on any atom is 0.270 e. The summed E-state index contributed by atoms with van der Waals surface area (Å²) in [7, 11) is 0. The Hall–Kier alpha value is -1.82. The maximum atomic E-state index is 11.4. The van der Waals surface area contributed by atoms with Crippen LogP contribution in [0.25, 0.3) is 0 Å². The Kier molecular flexibility index (Phi) is 5.33. The SMILES string of the molecule is Cl.NC(=O)c1cc([N+](=O)[O-])cc(C2CCCCC2)c1N. The minimum atomic E-state index is -0.724. The van der Waals surface area contributed by atoms with E-state index in [-0.39, 0.29) is 29.6 Å². The van der Waals surface area contributed by atoms with E-state index in [1.807, 2.05) is 0 Å². The number of hydrogen-bond donors (Lipinski definition) is 2. The third-order valence-corrected chi connectivity index (χ3v) is 3.72. The summed E-state index contributed by atoms with van der Waals surface area (Å²) in [5.74, 6) is -0.537. The van der Waals surface area contributed by atoms with Gasteiger partial charge in [-0.3, -0.25) is 14.9 Å². The zero-order valence-corrected chi connectivity index (χ0v) is 11.8. The molecule has 0 aromatic heterocycles. The molecular formula is C13H18ClN3O3. The Morgan fingerprint density at radius 2 is 1.85 bits per heavy atom. The summed E-state index contributed by atoms with van der Waals surface area (Å²) in [6.45, 7) is 0. The first-order valence-corrected chi connectivity index (χ1v) is 6.38. The van der Waals surface area contributed by atoms with Gasteiger partial charge >= 0.3 is 0 Å². The lowest BCUT2D eigenvalue weighted by Crippen LogP contribution is -2.17. The van der Waals surface area contributed by atoms with Gasteiger partial charge in [-0.05, 0) is 24.3 Å². The van der Waals surface area contributed by atoms with Gasteiger partial charge in [0.25, 0.3) is 11.6 Å². The molecule has 1 aliphatic rings. The monoisotopic (exact) mass is 299 g/mol.